The van der Waals surface area contributed by atoms with Crippen molar-refractivity contribution in [3.05, 3.63) is 104 Å². The van der Waals surface area contributed by atoms with Crippen LogP contribution in [0.3, 0.4) is 0 Å². The van der Waals surface area contributed by atoms with E-state index in [9.17, 15) is 14.4 Å². The number of hydrogen-bond donors (Lipinski definition) is 2. The molecule has 0 aliphatic carbocycles. The topological polar surface area (TPSA) is 93.1 Å². The maximum absolute atomic E-state index is 13.1. The monoisotopic (exact) mass is 446 g/mol. The van der Waals surface area contributed by atoms with Gasteiger partial charge in [0.25, 0.3) is 17.4 Å². The molecule has 2 N–H and O–H groups in total. The van der Waals surface area contributed by atoms with Crippen LogP contribution in [0.15, 0.2) is 71.5 Å². The summed E-state index contributed by atoms with van der Waals surface area (Å²) in [4.78, 5) is 38.4. The maximum atomic E-state index is 13.1. The summed E-state index contributed by atoms with van der Waals surface area (Å²) >= 11 is 6.22. The summed E-state index contributed by atoms with van der Waals surface area (Å²) in [5, 5.41) is 5.48. The van der Waals surface area contributed by atoms with E-state index in [4.69, 9.17) is 11.6 Å². The van der Waals surface area contributed by atoms with Crippen LogP contribution in [-0.2, 0) is 0 Å². The minimum Gasteiger partial charge on any atom is -0.267 e. The molecule has 8 heteroatoms. The highest BCUT2D eigenvalue weighted by Crippen LogP contribution is 2.22. The molecular weight excluding hydrogens is 428 g/mol. The fraction of sp³-hybridized carbons (Fsp3) is 0.0833. The van der Waals surface area contributed by atoms with E-state index in [1.807, 2.05) is 6.92 Å². The van der Waals surface area contributed by atoms with E-state index < -0.39 is 11.8 Å². The molecular formula is C24H19ClN4O3. The van der Waals surface area contributed by atoms with Crippen LogP contribution in [0, 0.1) is 13.8 Å². The Kier molecular flexibility index (Phi) is 5.75. The first kappa shape index (κ1) is 21.3. The summed E-state index contributed by atoms with van der Waals surface area (Å²) in [6, 6.07) is 18.7. The summed E-state index contributed by atoms with van der Waals surface area (Å²) in [5.74, 6) is -1.13. The van der Waals surface area contributed by atoms with Crippen LogP contribution in [0.2, 0.25) is 5.02 Å². The molecule has 4 rings (SSSR count). The third kappa shape index (κ3) is 3.98. The minimum atomic E-state index is -0.657. The number of aryl methyl sites for hydroxylation is 1. The average molecular weight is 447 g/mol. The average Bonchev–Trinajstić information content (AvgIpc) is 2.80. The second-order valence-electron chi connectivity index (χ2n) is 7.27. The molecule has 160 valence electrons. The van der Waals surface area contributed by atoms with Crippen LogP contribution in [0.1, 0.15) is 32.0 Å². The van der Waals surface area contributed by atoms with Crippen LogP contribution in [0.25, 0.3) is 16.5 Å². The number of rotatable bonds is 3. The number of hydrogen-bond acceptors (Lipinski definition) is 4. The molecule has 4 aromatic rings. The molecule has 3 aromatic carbocycles. The van der Waals surface area contributed by atoms with Crippen molar-refractivity contribution in [2.24, 2.45) is 0 Å². The molecule has 1 heterocycles. The van der Waals surface area contributed by atoms with Gasteiger partial charge in [0.1, 0.15) is 0 Å². The van der Waals surface area contributed by atoms with E-state index in [0.717, 1.165) is 10.2 Å². The van der Waals surface area contributed by atoms with Gasteiger partial charge in [-0.25, -0.2) is 0 Å². The largest absolute Gasteiger partial charge is 0.290 e. The fourth-order valence-electron chi connectivity index (χ4n) is 3.30. The number of benzene rings is 3. The highest BCUT2D eigenvalue weighted by atomic mass is 35.5. The van der Waals surface area contributed by atoms with E-state index in [-0.39, 0.29) is 11.3 Å². The predicted octanol–water partition coefficient (Wildman–Crippen LogP) is 3.73. The highest BCUT2D eigenvalue weighted by molar-refractivity contribution is 6.31. The zero-order chi connectivity index (χ0) is 22.8. The lowest BCUT2D eigenvalue weighted by atomic mass is 10.1. The fourth-order valence-corrected chi connectivity index (χ4v) is 3.47. The smallest absolute Gasteiger partial charge is 0.267 e. The van der Waals surface area contributed by atoms with Gasteiger partial charge >= 0.3 is 0 Å². The standard InChI is InChI=1S/C24H19ClN4O3/c1-14-10-12-16(13-11-14)22(30)26-27-23(31)21-17-6-3-4-7-18(17)24(32)29(28-21)20-9-5-8-19(25)15(20)2/h3-13H,1-2H3,(H,26,30)(H,27,31). The number of halogens is 1. The Morgan fingerprint density at radius 2 is 1.50 bits per heavy atom. The number of carbonyl (C=O) groups excluding carboxylic acids is 2. The molecule has 0 aliphatic rings. The van der Waals surface area contributed by atoms with Crippen LogP contribution in [-0.4, -0.2) is 21.6 Å². The second-order valence-corrected chi connectivity index (χ2v) is 7.68. The van der Waals surface area contributed by atoms with Gasteiger partial charge in [0.05, 0.1) is 11.1 Å². The van der Waals surface area contributed by atoms with Crippen molar-refractivity contribution < 1.29 is 9.59 Å². The summed E-state index contributed by atoms with van der Waals surface area (Å²) in [7, 11) is 0. The zero-order valence-corrected chi connectivity index (χ0v) is 18.1. The predicted molar refractivity (Wildman–Crippen MR) is 123 cm³/mol. The summed E-state index contributed by atoms with van der Waals surface area (Å²) in [5.41, 5.74) is 6.91. The Labute approximate surface area is 188 Å². The maximum Gasteiger partial charge on any atom is 0.290 e. The van der Waals surface area contributed by atoms with Crippen molar-refractivity contribution in [2.75, 3.05) is 0 Å². The third-order valence-corrected chi connectivity index (χ3v) is 5.50. The molecule has 32 heavy (non-hydrogen) atoms. The lowest BCUT2D eigenvalue weighted by Crippen LogP contribution is -2.42. The first-order valence-electron chi connectivity index (χ1n) is 9.81. The SMILES string of the molecule is Cc1ccc(C(=O)NNC(=O)c2nn(-c3cccc(Cl)c3C)c(=O)c3ccccc23)cc1. The molecule has 0 bridgehead atoms. The van der Waals surface area contributed by atoms with Gasteiger partial charge in [-0.15, -0.1) is 0 Å². The summed E-state index contributed by atoms with van der Waals surface area (Å²) in [6.07, 6.45) is 0. The van der Waals surface area contributed by atoms with Gasteiger partial charge in [0, 0.05) is 16.0 Å². The molecule has 2 amide bonds. The third-order valence-electron chi connectivity index (χ3n) is 5.09. The van der Waals surface area contributed by atoms with Crippen molar-refractivity contribution in [1.82, 2.24) is 20.6 Å². The normalized spacial score (nSPS) is 10.7. The van der Waals surface area contributed by atoms with Gasteiger partial charge in [0.15, 0.2) is 5.69 Å². The summed E-state index contributed by atoms with van der Waals surface area (Å²) in [6.45, 7) is 3.68. The molecule has 0 saturated carbocycles. The van der Waals surface area contributed by atoms with Crippen LogP contribution in [0.5, 0.6) is 0 Å². The first-order valence-corrected chi connectivity index (χ1v) is 10.2. The first-order chi connectivity index (χ1) is 15.4. The lowest BCUT2D eigenvalue weighted by molar-refractivity contribution is 0.0844. The highest BCUT2D eigenvalue weighted by Gasteiger charge is 2.19. The van der Waals surface area contributed by atoms with E-state index >= 15 is 0 Å². The Bertz CT molecular complexity index is 1410. The number of aromatic nitrogens is 2. The second kappa shape index (κ2) is 8.64. The van der Waals surface area contributed by atoms with Crippen molar-refractivity contribution in [1.29, 1.82) is 0 Å². The van der Waals surface area contributed by atoms with Gasteiger partial charge in [0.2, 0.25) is 0 Å². The van der Waals surface area contributed by atoms with Crippen molar-refractivity contribution in [2.45, 2.75) is 13.8 Å². The number of amides is 2. The van der Waals surface area contributed by atoms with E-state index in [2.05, 4.69) is 16.0 Å². The van der Waals surface area contributed by atoms with Crippen LogP contribution in [0.4, 0.5) is 0 Å². The molecule has 0 spiro atoms. The van der Waals surface area contributed by atoms with Gasteiger partial charge in [-0.05, 0) is 49.7 Å². The van der Waals surface area contributed by atoms with E-state index in [1.165, 1.54) is 0 Å². The molecule has 0 radical (unpaired) electrons. The van der Waals surface area contributed by atoms with Gasteiger partial charge in [-0.2, -0.15) is 9.78 Å². The summed E-state index contributed by atoms with van der Waals surface area (Å²) < 4.78 is 1.15. The molecule has 7 nitrogen and oxygen atoms in total. The molecule has 0 aliphatic heterocycles. The Hall–Kier alpha value is -3.97. The van der Waals surface area contributed by atoms with Crippen molar-refractivity contribution >= 4 is 34.2 Å². The van der Waals surface area contributed by atoms with E-state index in [0.29, 0.717) is 32.6 Å². The Balaban J connectivity index is 1.73. The van der Waals surface area contributed by atoms with Crippen molar-refractivity contribution in [3.8, 4) is 5.69 Å². The number of nitrogens with zero attached hydrogens (tertiary/aromatic N) is 2. The Morgan fingerprint density at radius 3 is 2.22 bits per heavy atom. The number of carbonyl (C=O) groups is 2. The number of hydrazine groups is 1. The van der Waals surface area contributed by atoms with Crippen LogP contribution >= 0.6 is 11.6 Å². The van der Waals surface area contributed by atoms with Crippen molar-refractivity contribution in [3.63, 3.8) is 0 Å². The van der Waals surface area contributed by atoms with Gasteiger partial charge in [-0.1, -0.05) is 53.6 Å². The molecule has 0 saturated heterocycles. The number of fused-ring (bicyclic) bond motifs is 1. The quantitative estimate of drug-likeness (QED) is 0.469. The zero-order valence-electron chi connectivity index (χ0n) is 17.3. The Morgan fingerprint density at radius 1 is 0.844 bits per heavy atom. The van der Waals surface area contributed by atoms with E-state index in [1.54, 1.807) is 73.7 Å². The number of nitrogens with one attached hydrogen (secondary N) is 2. The van der Waals surface area contributed by atoms with Crippen LogP contribution < -0.4 is 16.4 Å². The molecule has 0 atom stereocenters. The lowest BCUT2D eigenvalue weighted by Gasteiger charge is -2.14. The molecule has 0 fully saturated rings. The minimum absolute atomic E-state index is 0.0104. The van der Waals surface area contributed by atoms with Gasteiger partial charge < -0.3 is 0 Å². The molecule has 0 unspecified atom stereocenters. The van der Waals surface area contributed by atoms with Gasteiger partial charge in [-0.3, -0.25) is 25.2 Å². The molecule has 1 aromatic heterocycles.